The predicted octanol–water partition coefficient (Wildman–Crippen LogP) is 2.38. The van der Waals surface area contributed by atoms with Gasteiger partial charge in [-0.25, -0.2) is 0 Å². The number of nitrogens with zero attached hydrogens (tertiary/aromatic N) is 5. The minimum atomic E-state index is -4.37. The molecule has 0 N–H and O–H groups in total. The molecule has 0 aliphatic carbocycles. The summed E-state index contributed by atoms with van der Waals surface area (Å²) in [4.78, 5) is 24.6. The number of aliphatic imine (C=N–C) groups is 2. The standard InChI is InChI=1S/C22H32F3N5O3/c1-5-33-16-7-14(8-26-10-16)17-6-13(2)18-19(28-17)21(3,32-4)30(20(18)31)15-9-27-29(11-15)12-22(23,24)25/h8-9,13-18H,5-7,10-12H2,1-4H3. The molecule has 0 bridgehead atoms. The van der Waals surface area contributed by atoms with Gasteiger partial charge in [0.15, 0.2) is 5.72 Å². The Morgan fingerprint density at radius 3 is 2.70 bits per heavy atom. The van der Waals surface area contributed by atoms with Gasteiger partial charge >= 0.3 is 6.18 Å². The molecular weight excluding hydrogens is 439 g/mol. The van der Waals surface area contributed by atoms with E-state index >= 15 is 0 Å². The number of alkyl halides is 3. The highest BCUT2D eigenvalue weighted by Crippen LogP contribution is 2.44. The van der Waals surface area contributed by atoms with Crippen molar-refractivity contribution in [3.63, 3.8) is 0 Å². The summed E-state index contributed by atoms with van der Waals surface area (Å²) < 4.78 is 50.1. The summed E-state index contributed by atoms with van der Waals surface area (Å²) >= 11 is 0. The Labute approximate surface area is 191 Å². The van der Waals surface area contributed by atoms with E-state index in [9.17, 15) is 18.0 Å². The van der Waals surface area contributed by atoms with Crippen molar-refractivity contribution < 1.29 is 27.4 Å². The molecule has 0 aromatic heterocycles. The summed E-state index contributed by atoms with van der Waals surface area (Å²) in [6, 6.07) is -0.679. The van der Waals surface area contributed by atoms with E-state index in [1.807, 2.05) is 20.1 Å². The Hall–Kier alpha value is -2.01. The van der Waals surface area contributed by atoms with Crippen LogP contribution < -0.4 is 0 Å². The fourth-order valence-corrected chi connectivity index (χ4v) is 5.61. The van der Waals surface area contributed by atoms with Crippen LogP contribution in [0.4, 0.5) is 13.2 Å². The zero-order valence-corrected chi connectivity index (χ0v) is 19.5. The highest BCUT2D eigenvalue weighted by molar-refractivity contribution is 6.16. The van der Waals surface area contributed by atoms with Crippen molar-refractivity contribution in [1.29, 1.82) is 0 Å². The number of methoxy groups -OCH3 is 1. The van der Waals surface area contributed by atoms with Crippen molar-refractivity contribution in [3.8, 4) is 0 Å². The minimum Gasteiger partial charge on any atom is -0.377 e. The third-order valence-corrected chi connectivity index (χ3v) is 7.15. The highest BCUT2D eigenvalue weighted by Gasteiger charge is 2.60. The number of hydrogen-bond acceptors (Lipinski definition) is 7. The molecule has 7 unspecified atom stereocenters. The van der Waals surface area contributed by atoms with E-state index in [0.29, 0.717) is 18.9 Å². The van der Waals surface area contributed by atoms with Gasteiger partial charge in [-0.3, -0.25) is 24.7 Å². The molecule has 184 valence electrons. The van der Waals surface area contributed by atoms with Crippen molar-refractivity contribution in [2.45, 2.75) is 63.7 Å². The third-order valence-electron chi connectivity index (χ3n) is 7.15. The summed E-state index contributed by atoms with van der Waals surface area (Å²) in [5, 5.41) is 4.84. The van der Waals surface area contributed by atoms with Gasteiger partial charge in [-0.2, -0.15) is 18.3 Å². The van der Waals surface area contributed by atoms with Crippen molar-refractivity contribution in [3.05, 3.63) is 0 Å². The lowest BCUT2D eigenvalue weighted by molar-refractivity contribution is -0.152. The summed E-state index contributed by atoms with van der Waals surface area (Å²) in [5.74, 6) is -0.509. The second kappa shape index (κ2) is 8.98. The molecule has 1 saturated heterocycles. The van der Waals surface area contributed by atoms with Gasteiger partial charge in [-0.1, -0.05) is 6.92 Å². The van der Waals surface area contributed by atoms with Crippen LogP contribution in [-0.4, -0.2) is 97.4 Å². The quantitative estimate of drug-likeness (QED) is 0.596. The Kier molecular flexibility index (Phi) is 6.56. The normalized spacial score (nSPS) is 38.8. The van der Waals surface area contributed by atoms with E-state index in [0.717, 1.165) is 17.9 Å². The molecule has 0 aromatic rings. The predicted molar refractivity (Wildman–Crippen MR) is 118 cm³/mol. The van der Waals surface area contributed by atoms with Crippen LogP contribution in [0.25, 0.3) is 0 Å². The molecule has 4 aliphatic heterocycles. The lowest BCUT2D eigenvalue weighted by Crippen LogP contribution is -2.55. The Morgan fingerprint density at radius 1 is 1.27 bits per heavy atom. The lowest BCUT2D eigenvalue weighted by atomic mass is 9.77. The molecule has 11 heteroatoms. The van der Waals surface area contributed by atoms with Crippen LogP contribution in [0.2, 0.25) is 0 Å². The molecule has 0 aromatic carbocycles. The zero-order chi connectivity index (χ0) is 24.0. The van der Waals surface area contributed by atoms with E-state index in [1.165, 1.54) is 18.2 Å². The SMILES string of the molecule is CCOC1CN=CC(C2CC(C)C3C(=O)N(C4C=NN(CC(F)(F)F)C4)C(C)(OC)C3=N2)C1. The van der Waals surface area contributed by atoms with E-state index in [2.05, 4.69) is 10.1 Å². The lowest BCUT2D eigenvalue weighted by Gasteiger charge is -2.39. The zero-order valence-electron chi connectivity index (χ0n) is 19.5. The van der Waals surface area contributed by atoms with Crippen molar-refractivity contribution in [2.24, 2.45) is 32.8 Å². The first kappa shape index (κ1) is 24.1. The maximum absolute atomic E-state index is 13.5. The fourth-order valence-electron chi connectivity index (χ4n) is 5.61. The first-order valence-corrected chi connectivity index (χ1v) is 11.5. The van der Waals surface area contributed by atoms with Gasteiger partial charge in [0.05, 0.1) is 42.9 Å². The number of likely N-dealkylation sites (tertiary alicyclic amines) is 1. The molecule has 4 rings (SSSR count). The molecule has 0 saturated carbocycles. The molecule has 1 fully saturated rings. The van der Waals surface area contributed by atoms with Crippen LogP contribution in [0.5, 0.6) is 0 Å². The van der Waals surface area contributed by atoms with Crippen molar-refractivity contribution >= 4 is 24.0 Å². The average Bonchev–Trinajstić information content (AvgIpc) is 3.27. The van der Waals surface area contributed by atoms with Crippen LogP contribution in [0.1, 0.15) is 33.6 Å². The fraction of sp³-hybridized carbons (Fsp3) is 0.818. The maximum atomic E-state index is 13.5. The van der Waals surface area contributed by atoms with Gasteiger partial charge < -0.3 is 9.47 Å². The minimum absolute atomic E-state index is 0.0139. The number of rotatable bonds is 6. The molecule has 0 radical (unpaired) electrons. The number of carbonyl (C=O) groups excluding carboxylic acids is 1. The number of hydrogen-bond donors (Lipinski definition) is 0. The topological polar surface area (TPSA) is 79.1 Å². The van der Waals surface area contributed by atoms with E-state index < -0.39 is 30.4 Å². The van der Waals surface area contributed by atoms with Crippen LogP contribution in [0, 0.1) is 17.8 Å². The number of amides is 1. The molecule has 4 heterocycles. The number of hydrazone groups is 1. The van der Waals surface area contributed by atoms with Gasteiger partial charge in [0.1, 0.15) is 6.54 Å². The summed E-state index contributed by atoms with van der Waals surface area (Å²) in [6.45, 7) is 5.85. The summed E-state index contributed by atoms with van der Waals surface area (Å²) in [7, 11) is 1.51. The van der Waals surface area contributed by atoms with Gasteiger partial charge in [0, 0.05) is 32.1 Å². The van der Waals surface area contributed by atoms with Crippen LogP contribution >= 0.6 is 0 Å². The first-order valence-electron chi connectivity index (χ1n) is 11.5. The second-order valence-electron chi connectivity index (χ2n) is 9.45. The van der Waals surface area contributed by atoms with E-state index in [1.54, 1.807) is 6.92 Å². The third kappa shape index (κ3) is 4.53. The van der Waals surface area contributed by atoms with Gasteiger partial charge in [0.25, 0.3) is 0 Å². The number of ether oxygens (including phenoxy) is 2. The first-order chi connectivity index (χ1) is 15.6. The molecule has 4 aliphatic rings. The number of fused-ring (bicyclic) bond motifs is 1. The van der Waals surface area contributed by atoms with Crippen molar-refractivity contribution in [2.75, 3.05) is 33.4 Å². The second-order valence-corrected chi connectivity index (χ2v) is 9.45. The van der Waals surface area contributed by atoms with Crippen LogP contribution in [0.3, 0.4) is 0 Å². The van der Waals surface area contributed by atoms with E-state index in [-0.39, 0.29) is 36.4 Å². The van der Waals surface area contributed by atoms with Gasteiger partial charge in [-0.15, -0.1) is 0 Å². The average molecular weight is 472 g/mol. The van der Waals surface area contributed by atoms with Crippen LogP contribution in [-0.2, 0) is 14.3 Å². The van der Waals surface area contributed by atoms with Crippen LogP contribution in [0.15, 0.2) is 15.1 Å². The molecule has 1 amide bonds. The molecule has 8 nitrogen and oxygen atoms in total. The smallest absolute Gasteiger partial charge is 0.377 e. The number of carbonyl (C=O) groups is 1. The molecular formula is C22H32F3N5O3. The Bertz CT molecular complexity index is 848. The monoisotopic (exact) mass is 471 g/mol. The van der Waals surface area contributed by atoms with E-state index in [4.69, 9.17) is 14.5 Å². The Balaban J connectivity index is 1.59. The van der Waals surface area contributed by atoms with Gasteiger partial charge in [0.2, 0.25) is 5.91 Å². The molecule has 33 heavy (non-hydrogen) atoms. The Morgan fingerprint density at radius 2 is 2.03 bits per heavy atom. The molecule has 0 spiro atoms. The maximum Gasteiger partial charge on any atom is 0.407 e. The van der Waals surface area contributed by atoms with Gasteiger partial charge in [-0.05, 0) is 32.6 Å². The molecule has 7 atom stereocenters. The summed E-state index contributed by atoms with van der Waals surface area (Å²) in [5.41, 5.74) is -0.501. The number of halogens is 3. The van der Waals surface area contributed by atoms with Crippen molar-refractivity contribution in [1.82, 2.24) is 9.91 Å². The summed E-state index contributed by atoms with van der Waals surface area (Å²) in [6.07, 6.45) is 0.590. The highest BCUT2D eigenvalue weighted by atomic mass is 19.4. The largest absolute Gasteiger partial charge is 0.407 e.